The smallest absolute Gasteiger partial charge is 0.175 e. The summed E-state index contributed by atoms with van der Waals surface area (Å²) in [5, 5.41) is 1.21. The third kappa shape index (κ3) is 3.37. The molecule has 0 amide bonds. The highest BCUT2D eigenvalue weighted by Crippen LogP contribution is 2.42. The molecular formula is C24H18O3S2. The van der Waals surface area contributed by atoms with Gasteiger partial charge in [-0.25, -0.2) is 8.42 Å². The maximum Gasteiger partial charge on any atom is 0.175 e. The summed E-state index contributed by atoms with van der Waals surface area (Å²) in [7, 11) is -3.24. The Bertz CT molecular complexity index is 1330. The van der Waals surface area contributed by atoms with Gasteiger partial charge in [0.15, 0.2) is 9.84 Å². The normalized spacial score (nSPS) is 14.0. The lowest BCUT2D eigenvalue weighted by atomic mass is 9.96. The van der Waals surface area contributed by atoms with Gasteiger partial charge in [-0.3, -0.25) is 0 Å². The van der Waals surface area contributed by atoms with Crippen molar-refractivity contribution in [1.82, 2.24) is 0 Å². The van der Waals surface area contributed by atoms with Crippen molar-refractivity contribution >= 4 is 42.6 Å². The van der Waals surface area contributed by atoms with E-state index >= 15 is 0 Å². The van der Waals surface area contributed by atoms with Crippen LogP contribution in [0.15, 0.2) is 83.8 Å². The number of thiophene rings is 1. The molecule has 0 N–H and O–H groups in total. The Balaban J connectivity index is 1.68. The summed E-state index contributed by atoms with van der Waals surface area (Å²) < 4.78 is 31.2. The molecule has 0 atom stereocenters. The van der Waals surface area contributed by atoms with Gasteiger partial charge < -0.3 is 4.74 Å². The molecule has 1 aromatic heterocycles. The molecule has 0 unspecified atom stereocenters. The first-order valence-corrected chi connectivity index (χ1v) is 12.0. The van der Waals surface area contributed by atoms with Gasteiger partial charge in [-0.15, -0.1) is 11.3 Å². The Kier molecular flexibility index (Phi) is 4.30. The van der Waals surface area contributed by atoms with Crippen molar-refractivity contribution in [3.05, 3.63) is 94.9 Å². The Hall–Kier alpha value is -2.89. The molecule has 1 aliphatic rings. The second kappa shape index (κ2) is 6.87. The number of sulfone groups is 1. The van der Waals surface area contributed by atoms with Gasteiger partial charge in [-0.1, -0.05) is 36.4 Å². The van der Waals surface area contributed by atoms with Crippen molar-refractivity contribution in [3.63, 3.8) is 0 Å². The number of ether oxygens (including phenoxy) is 1. The third-order valence-corrected chi connectivity index (χ3v) is 7.40. The number of benzene rings is 3. The predicted molar refractivity (Wildman–Crippen MR) is 119 cm³/mol. The molecule has 2 heterocycles. The topological polar surface area (TPSA) is 43.4 Å². The monoisotopic (exact) mass is 418 g/mol. The minimum Gasteiger partial charge on any atom is -0.456 e. The summed E-state index contributed by atoms with van der Waals surface area (Å²) in [5.41, 5.74) is 3.15. The fourth-order valence-electron chi connectivity index (χ4n) is 3.61. The molecule has 144 valence electrons. The Morgan fingerprint density at radius 3 is 2.38 bits per heavy atom. The van der Waals surface area contributed by atoms with E-state index in [-0.39, 0.29) is 0 Å². The largest absolute Gasteiger partial charge is 0.456 e. The van der Waals surface area contributed by atoms with Crippen molar-refractivity contribution in [2.24, 2.45) is 0 Å². The van der Waals surface area contributed by atoms with Crippen LogP contribution in [0.1, 0.15) is 16.0 Å². The standard InChI is InChI=1S/C24H18O3S2/c1-29(25,26)19-12-10-16(11-13-19)24-20(14-17-6-2-4-8-21(17)27-24)23-15-18-7-3-5-9-22(18)28-23/h2-13,15H,14H2,1H3. The molecule has 0 radical (unpaired) electrons. The fourth-order valence-corrected chi connectivity index (χ4v) is 5.34. The summed E-state index contributed by atoms with van der Waals surface area (Å²) in [6.45, 7) is 0. The third-order valence-electron chi connectivity index (χ3n) is 5.09. The lowest BCUT2D eigenvalue weighted by Gasteiger charge is -2.23. The van der Waals surface area contributed by atoms with Gasteiger partial charge in [0.25, 0.3) is 0 Å². The zero-order chi connectivity index (χ0) is 20.0. The van der Waals surface area contributed by atoms with Crippen molar-refractivity contribution < 1.29 is 13.2 Å². The van der Waals surface area contributed by atoms with Gasteiger partial charge >= 0.3 is 0 Å². The van der Waals surface area contributed by atoms with Crippen molar-refractivity contribution in [1.29, 1.82) is 0 Å². The molecule has 0 spiro atoms. The molecule has 5 heteroatoms. The molecule has 0 fully saturated rings. The molecule has 0 bridgehead atoms. The molecule has 4 aromatic rings. The van der Waals surface area contributed by atoms with Gasteiger partial charge in [0.05, 0.1) is 4.90 Å². The molecule has 0 saturated heterocycles. The number of fused-ring (bicyclic) bond motifs is 2. The van der Waals surface area contributed by atoms with Gasteiger partial charge in [0.1, 0.15) is 11.5 Å². The first-order valence-electron chi connectivity index (χ1n) is 9.27. The maximum absolute atomic E-state index is 11.8. The molecular weight excluding hydrogens is 400 g/mol. The quantitative estimate of drug-likeness (QED) is 0.422. The van der Waals surface area contributed by atoms with Crippen LogP contribution >= 0.6 is 11.3 Å². The van der Waals surface area contributed by atoms with E-state index < -0.39 is 9.84 Å². The zero-order valence-corrected chi connectivity index (χ0v) is 17.4. The van der Waals surface area contributed by atoms with Crippen LogP contribution in [-0.2, 0) is 16.3 Å². The van der Waals surface area contributed by atoms with Crippen LogP contribution in [-0.4, -0.2) is 14.7 Å². The van der Waals surface area contributed by atoms with Crippen LogP contribution in [0.3, 0.4) is 0 Å². The van der Waals surface area contributed by atoms with Gasteiger partial charge in [0, 0.05) is 33.4 Å². The van der Waals surface area contributed by atoms with Crippen LogP contribution in [0, 0.1) is 0 Å². The first-order chi connectivity index (χ1) is 14.0. The molecule has 0 aliphatic carbocycles. The molecule has 1 aliphatic heterocycles. The van der Waals surface area contributed by atoms with E-state index in [0.29, 0.717) is 4.90 Å². The van der Waals surface area contributed by atoms with E-state index in [1.807, 2.05) is 36.4 Å². The van der Waals surface area contributed by atoms with E-state index in [2.05, 4.69) is 30.3 Å². The Morgan fingerprint density at radius 2 is 1.62 bits per heavy atom. The second-order valence-corrected chi connectivity index (χ2v) is 10.2. The summed E-state index contributed by atoms with van der Waals surface area (Å²) >= 11 is 1.75. The summed E-state index contributed by atoms with van der Waals surface area (Å²) in [6.07, 6.45) is 1.99. The molecule has 0 saturated carbocycles. The average molecular weight is 419 g/mol. The van der Waals surface area contributed by atoms with E-state index in [1.165, 1.54) is 21.2 Å². The Morgan fingerprint density at radius 1 is 0.897 bits per heavy atom. The maximum atomic E-state index is 11.8. The Labute approximate surface area is 173 Å². The van der Waals surface area contributed by atoms with E-state index in [9.17, 15) is 8.42 Å². The van der Waals surface area contributed by atoms with Crippen molar-refractivity contribution in [3.8, 4) is 5.75 Å². The number of hydrogen-bond acceptors (Lipinski definition) is 4. The van der Waals surface area contributed by atoms with Gasteiger partial charge in [-0.05, 0) is 53.4 Å². The van der Waals surface area contributed by atoms with Crippen LogP contribution in [0.25, 0.3) is 21.4 Å². The highest BCUT2D eigenvalue weighted by atomic mass is 32.2. The fraction of sp³-hybridized carbons (Fsp3) is 0.0833. The lowest BCUT2D eigenvalue weighted by Crippen LogP contribution is -2.09. The second-order valence-electron chi connectivity index (χ2n) is 7.14. The van der Waals surface area contributed by atoms with Gasteiger partial charge in [-0.2, -0.15) is 0 Å². The minimum atomic E-state index is -3.24. The molecule has 3 aromatic carbocycles. The summed E-state index contributed by atoms with van der Waals surface area (Å²) in [5.74, 6) is 1.63. The average Bonchev–Trinajstić information content (AvgIpc) is 3.16. The molecule has 5 rings (SSSR count). The van der Waals surface area contributed by atoms with E-state index in [4.69, 9.17) is 4.74 Å². The van der Waals surface area contributed by atoms with Crippen LogP contribution in [0.2, 0.25) is 0 Å². The number of hydrogen-bond donors (Lipinski definition) is 0. The number of allylic oxidation sites excluding steroid dienone is 1. The van der Waals surface area contributed by atoms with E-state index in [1.54, 1.807) is 23.5 Å². The summed E-state index contributed by atoms with van der Waals surface area (Å²) in [6, 6.07) is 25.5. The number of rotatable bonds is 3. The van der Waals surface area contributed by atoms with E-state index in [0.717, 1.165) is 34.6 Å². The SMILES string of the molecule is CS(=O)(=O)c1ccc(C2=C(c3cc4ccccc4s3)Cc3ccccc3O2)cc1. The lowest BCUT2D eigenvalue weighted by molar-refractivity contribution is 0.502. The van der Waals surface area contributed by atoms with Crippen LogP contribution in [0.4, 0.5) is 0 Å². The van der Waals surface area contributed by atoms with Crippen LogP contribution < -0.4 is 4.74 Å². The zero-order valence-electron chi connectivity index (χ0n) is 15.8. The summed E-state index contributed by atoms with van der Waals surface area (Å²) in [4.78, 5) is 1.48. The van der Waals surface area contributed by atoms with Crippen molar-refractivity contribution in [2.75, 3.05) is 6.26 Å². The minimum absolute atomic E-state index is 0.307. The highest BCUT2D eigenvalue weighted by Gasteiger charge is 2.23. The van der Waals surface area contributed by atoms with Crippen molar-refractivity contribution in [2.45, 2.75) is 11.3 Å². The number of para-hydroxylation sites is 1. The van der Waals surface area contributed by atoms with Crippen LogP contribution in [0.5, 0.6) is 5.75 Å². The molecule has 3 nitrogen and oxygen atoms in total. The van der Waals surface area contributed by atoms with Gasteiger partial charge in [0.2, 0.25) is 0 Å². The predicted octanol–water partition coefficient (Wildman–Crippen LogP) is 5.81. The first kappa shape index (κ1) is 18.2. The molecule has 29 heavy (non-hydrogen) atoms. The highest BCUT2D eigenvalue weighted by molar-refractivity contribution is 7.90.